The van der Waals surface area contributed by atoms with Gasteiger partial charge in [-0.3, -0.25) is 4.79 Å². The fourth-order valence-electron chi connectivity index (χ4n) is 3.38. The van der Waals surface area contributed by atoms with Crippen LogP contribution in [0, 0.1) is 0 Å². The summed E-state index contributed by atoms with van der Waals surface area (Å²) in [6.07, 6.45) is 1.58. The van der Waals surface area contributed by atoms with Gasteiger partial charge in [0, 0.05) is 28.6 Å². The quantitative estimate of drug-likeness (QED) is 0.570. The van der Waals surface area contributed by atoms with Crippen molar-refractivity contribution < 1.29 is 13.9 Å². The summed E-state index contributed by atoms with van der Waals surface area (Å²) in [5.74, 6) is 0.162. The first-order chi connectivity index (χ1) is 14.3. The number of nitrogens with one attached hydrogen (secondary N) is 1. The van der Waals surface area contributed by atoms with Crippen LogP contribution in [0.15, 0.2) is 51.7 Å². The molecule has 0 saturated carbocycles. The van der Waals surface area contributed by atoms with Gasteiger partial charge >= 0.3 is 5.63 Å². The highest BCUT2D eigenvalue weighted by atomic mass is 16.5. The number of benzene rings is 2. The number of carbonyl (C=O) groups excluding carboxylic acids is 1. The van der Waals surface area contributed by atoms with Crippen LogP contribution >= 0.6 is 0 Å². The summed E-state index contributed by atoms with van der Waals surface area (Å²) < 4.78 is 10.9. The Hall–Kier alpha value is -3.12. The van der Waals surface area contributed by atoms with Crippen molar-refractivity contribution in [1.82, 2.24) is 0 Å². The Balaban J connectivity index is 1.92. The highest BCUT2D eigenvalue weighted by molar-refractivity contribution is 6.05. The van der Waals surface area contributed by atoms with E-state index in [2.05, 4.69) is 19.2 Å². The monoisotopic (exact) mass is 408 g/mol. The fourth-order valence-corrected chi connectivity index (χ4v) is 3.38. The van der Waals surface area contributed by atoms with Crippen LogP contribution in [0.25, 0.3) is 11.0 Å². The number of methoxy groups -OCH3 is 1. The number of nitrogens with two attached hydrogens (primary N) is 1. The maximum Gasteiger partial charge on any atom is 0.349 e. The van der Waals surface area contributed by atoms with Gasteiger partial charge in [0.15, 0.2) is 0 Å². The number of anilines is 1. The number of fused-ring (bicyclic) bond motifs is 1. The largest absolute Gasteiger partial charge is 0.496 e. The molecule has 0 bridgehead atoms. The number of aryl methyl sites for hydroxylation is 1. The Morgan fingerprint density at radius 3 is 2.47 bits per heavy atom. The predicted molar refractivity (Wildman–Crippen MR) is 120 cm³/mol. The highest BCUT2D eigenvalue weighted by Gasteiger charge is 2.20. The molecule has 6 heteroatoms. The molecule has 1 amide bonds. The molecule has 3 N–H and O–H groups in total. The zero-order valence-electron chi connectivity index (χ0n) is 17.9. The molecule has 0 radical (unpaired) electrons. The number of ether oxygens (including phenoxy) is 1. The molecule has 0 aliphatic rings. The van der Waals surface area contributed by atoms with Gasteiger partial charge < -0.3 is 20.2 Å². The predicted octanol–water partition coefficient (Wildman–Crippen LogP) is 4.24. The van der Waals surface area contributed by atoms with Crippen molar-refractivity contribution in [2.24, 2.45) is 5.73 Å². The van der Waals surface area contributed by atoms with E-state index in [1.165, 1.54) is 0 Å². The number of amides is 1. The third kappa shape index (κ3) is 4.24. The van der Waals surface area contributed by atoms with Crippen LogP contribution in [-0.4, -0.2) is 19.6 Å². The van der Waals surface area contributed by atoms with E-state index in [4.69, 9.17) is 14.9 Å². The van der Waals surface area contributed by atoms with Gasteiger partial charge in [0.05, 0.1) is 7.11 Å². The topological polar surface area (TPSA) is 94.6 Å². The van der Waals surface area contributed by atoms with E-state index in [-0.39, 0.29) is 11.0 Å². The van der Waals surface area contributed by atoms with E-state index in [0.29, 0.717) is 35.4 Å². The minimum atomic E-state index is -0.675. The molecule has 0 fully saturated rings. The van der Waals surface area contributed by atoms with Crippen LogP contribution in [0.1, 0.15) is 48.7 Å². The summed E-state index contributed by atoms with van der Waals surface area (Å²) in [7, 11) is 1.58. The number of carbonyl (C=O) groups is 1. The molecule has 0 aliphatic heterocycles. The first-order valence-electron chi connectivity index (χ1n) is 10.1. The van der Waals surface area contributed by atoms with Gasteiger partial charge in [0.1, 0.15) is 16.9 Å². The molecular weight excluding hydrogens is 380 g/mol. The lowest BCUT2D eigenvalue weighted by Crippen LogP contribution is -2.28. The first kappa shape index (κ1) is 21.6. The molecule has 2 aromatic carbocycles. The Labute approximate surface area is 176 Å². The third-order valence-corrected chi connectivity index (χ3v) is 5.36. The van der Waals surface area contributed by atoms with Crippen LogP contribution in [0.2, 0.25) is 0 Å². The zero-order valence-corrected chi connectivity index (χ0v) is 17.9. The maximum absolute atomic E-state index is 12.7. The van der Waals surface area contributed by atoms with E-state index < -0.39 is 11.5 Å². The van der Waals surface area contributed by atoms with Gasteiger partial charge in [-0.2, -0.15) is 0 Å². The Bertz CT molecular complexity index is 1110. The van der Waals surface area contributed by atoms with Crippen LogP contribution < -0.4 is 21.4 Å². The van der Waals surface area contributed by atoms with Crippen molar-refractivity contribution in [3.63, 3.8) is 0 Å². The Morgan fingerprint density at radius 2 is 1.87 bits per heavy atom. The van der Waals surface area contributed by atoms with E-state index in [9.17, 15) is 9.59 Å². The second kappa shape index (κ2) is 8.71. The van der Waals surface area contributed by atoms with Crippen molar-refractivity contribution in [1.29, 1.82) is 0 Å². The van der Waals surface area contributed by atoms with Gasteiger partial charge in [-0.15, -0.1) is 0 Å². The molecule has 30 heavy (non-hydrogen) atoms. The lowest BCUT2D eigenvalue weighted by Gasteiger charge is -2.23. The second-order valence-electron chi connectivity index (χ2n) is 7.98. The van der Waals surface area contributed by atoms with Gasteiger partial charge in [-0.05, 0) is 42.3 Å². The maximum atomic E-state index is 12.7. The third-order valence-electron chi connectivity index (χ3n) is 5.36. The molecule has 1 aromatic heterocycles. The number of hydrogen-bond donors (Lipinski definition) is 2. The van der Waals surface area contributed by atoms with Gasteiger partial charge in [-0.1, -0.05) is 39.3 Å². The Morgan fingerprint density at radius 1 is 1.17 bits per heavy atom. The van der Waals surface area contributed by atoms with E-state index in [1.807, 2.05) is 25.1 Å². The standard InChI is InChI=1S/C24H28N2O4/c1-5-6-18-20(29-4)12-7-15-13-19(23(28)30-21(15)18)22(27)26-17-10-8-16(9-11-17)24(2,3)14-25/h7-13H,5-6,14,25H2,1-4H3,(H,26,27). The molecule has 0 atom stereocenters. The van der Waals surface area contributed by atoms with Gasteiger partial charge in [-0.25, -0.2) is 4.79 Å². The molecule has 158 valence electrons. The van der Waals surface area contributed by atoms with Crippen LogP contribution in [0.4, 0.5) is 5.69 Å². The fraction of sp³-hybridized carbons (Fsp3) is 0.333. The van der Waals surface area contributed by atoms with Crippen molar-refractivity contribution >= 4 is 22.6 Å². The minimum Gasteiger partial charge on any atom is -0.496 e. The van der Waals surface area contributed by atoms with Crippen LogP contribution in [0.3, 0.4) is 0 Å². The molecule has 3 rings (SSSR count). The van der Waals surface area contributed by atoms with Gasteiger partial charge in [0.2, 0.25) is 0 Å². The van der Waals surface area contributed by atoms with Crippen LogP contribution in [0.5, 0.6) is 5.75 Å². The summed E-state index contributed by atoms with van der Waals surface area (Å²) in [5, 5.41) is 3.45. The molecule has 1 heterocycles. The zero-order chi connectivity index (χ0) is 21.9. The lowest BCUT2D eigenvalue weighted by molar-refractivity contribution is 0.102. The van der Waals surface area contributed by atoms with E-state index in [1.54, 1.807) is 31.4 Å². The number of hydrogen-bond acceptors (Lipinski definition) is 5. The highest BCUT2D eigenvalue weighted by Crippen LogP contribution is 2.29. The smallest absolute Gasteiger partial charge is 0.349 e. The lowest BCUT2D eigenvalue weighted by atomic mass is 9.85. The molecule has 0 aliphatic carbocycles. The molecule has 0 unspecified atom stereocenters. The van der Waals surface area contributed by atoms with E-state index >= 15 is 0 Å². The summed E-state index contributed by atoms with van der Waals surface area (Å²) in [4.78, 5) is 25.3. The molecular formula is C24H28N2O4. The average Bonchev–Trinajstić information content (AvgIpc) is 2.74. The van der Waals surface area contributed by atoms with Crippen molar-refractivity contribution in [3.8, 4) is 5.75 Å². The normalized spacial score (nSPS) is 11.5. The molecule has 3 aromatic rings. The Kier molecular flexibility index (Phi) is 6.27. The van der Waals surface area contributed by atoms with Crippen LogP contribution in [-0.2, 0) is 11.8 Å². The van der Waals surface area contributed by atoms with Crippen molar-refractivity contribution in [2.45, 2.75) is 39.0 Å². The molecule has 0 spiro atoms. The number of rotatable bonds is 7. The van der Waals surface area contributed by atoms with Gasteiger partial charge in [0.25, 0.3) is 5.91 Å². The molecule has 6 nitrogen and oxygen atoms in total. The first-order valence-corrected chi connectivity index (χ1v) is 10.1. The van der Waals surface area contributed by atoms with Crippen molar-refractivity contribution in [2.75, 3.05) is 19.0 Å². The SMILES string of the molecule is CCCc1c(OC)ccc2cc(C(=O)Nc3ccc(C(C)(C)CN)cc3)c(=O)oc12. The summed E-state index contributed by atoms with van der Waals surface area (Å²) >= 11 is 0. The summed E-state index contributed by atoms with van der Waals surface area (Å²) in [6.45, 7) is 6.67. The summed E-state index contributed by atoms with van der Waals surface area (Å²) in [5.41, 5.74) is 7.92. The van der Waals surface area contributed by atoms with E-state index in [0.717, 1.165) is 17.5 Å². The molecule has 0 saturated heterocycles. The average molecular weight is 408 g/mol. The van der Waals surface area contributed by atoms with Crippen molar-refractivity contribution in [3.05, 3.63) is 69.6 Å². The minimum absolute atomic E-state index is 0.0403. The second-order valence-corrected chi connectivity index (χ2v) is 7.98. The summed E-state index contributed by atoms with van der Waals surface area (Å²) in [6, 6.07) is 12.6.